The van der Waals surface area contributed by atoms with Crippen LogP contribution in [0.25, 0.3) is 10.4 Å². The molecule has 1 amide bonds. The molecule has 2 unspecified atom stereocenters. The molecule has 2 saturated carbocycles. The van der Waals surface area contributed by atoms with Gasteiger partial charge in [-0.15, -0.1) is 11.3 Å². The summed E-state index contributed by atoms with van der Waals surface area (Å²) in [6.07, 6.45) is -1.65. The summed E-state index contributed by atoms with van der Waals surface area (Å²) in [5, 5.41) is 36.2. The van der Waals surface area contributed by atoms with Gasteiger partial charge in [-0.1, -0.05) is 19.1 Å². The maximum Gasteiger partial charge on any atom is 0.235 e. The summed E-state index contributed by atoms with van der Waals surface area (Å²) in [5.74, 6) is -13.2. The Morgan fingerprint density at radius 3 is 2.35 bits per heavy atom. The van der Waals surface area contributed by atoms with Crippen LogP contribution >= 0.6 is 11.3 Å². The first-order valence-electron chi connectivity index (χ1n) is 11.8. The number of primary amides is 1. The van der Waals surface area contributed by atoms with Crippen molar-refractivity contribution in [2.24, 2.45) is 29.4 Å². The number of phenols is 1. The van der Waals surface area contributed by atoms with E-state index in [9.17, 15) is 39.3 Å². The molecule has 3 aliphatic carbocycles. The molecule has 0 saturated heterocycles. The third kappa shape index (κ3) is 3.18. The van der Waals surface area contributed by atoms with Gasteiger partial charge in [0, 0.05) is 16.4 Å². The van der Waals surface area contributed by atoms with Crippen LogP contribution in [0.4, 0.5) is 0 Å². The van der Waals surface area contributed by atoms with Gasteiger partial charge in [-0.3, -0.25) is 28.9 Å². The van der Waals surface area contributed by atoms with E-state index in [1.54, 1.807) is 36.6 Å². The number of phenolic OH excluding ortho intramolecular Hbond substituents is 1. The zero-order valence-electron chi connectivity index (χ0n) is 20.2. The highest BCUT2D eigenvalue weighted by atomic mass is 32.1. The van der Waals surface area contributed by atoms with Gasteiger partial charge < -0.3 is 21.1 Å². The van der Waals surface area contributed by atoms with E-state index in [4.69, 9.17) is 5.73 Å². The zero-order chi connectivity index (χ0) is 27.1. The van der Waals surface area contributed by atoms with Gasteiger partial charge in [0.2, 0.25) is 5.91 Å². The molecular weight excluding hydrogens is 500 g/mol. The Bertz CT molecular complexity index is 1370. The number of nitrogens with two attached hydrogens (primary N) is 1. The number of carbonyl (C=O) groups excluding carboxylic acids is 5. The molecule has 194 valence electrons. The van der Waals surface area contributed by atoms with Gasteiger partial charge in [-0.05, 0) is 43.1 Å². The van der Waals surface area contributed by atoms with E-state index < -0.39 is 76.4 Å². The van der Waals surface area contributed by atoms with Crippen molar-refractivity contribution in [3.8, 4) is 16.2 Å². The van der Waals surface area contributed by atoms with Crippen LogP contribution in [0, 0.1) is 23.7 Å². The van der Waals surface area contributed by atoms with E-state index in [2.05, 4.69) is 0 Å². The number of fused-ring (bicyclic) bond motifs is 3. The summed E-state index contributed by atoms with van der Waals surface area (Å²) in [7, 11) is 2.91. The van der Waals surface area contributed by atoms with Crippen molar-refractivity contribution in [1.82, 2.24) is 4.90 Å². The second-order valence-corrected chi connectivity index (χ2v) is 11.2. The molecule has 5 rings (SSSR count). The summed E-state index contributed by atoms with van der Waals surface area (Å²) in [6, 6.07) is 5.47. The molecule has 1 aromatic heterocycles. The van der Waals surface area contributed by atoms with Crippen molar-refractivity contribution >= 4 is 40.4 Å². The standard InChI is InChI=1S/C26H26N2O8S/c1-9-10-6-7-11(12-5-4-8-37-12)19(29)14(10)20(30)15-13(9)21(31)17-18(28(2)3)22(32)16(25(27)35)24(34)26(17,36)23(15)33/h4-9,13,15-18,21,29,31,36H,1-3H3,(H2,27,35)/t9-,13+,15?,16?,17+,18-,21-,26-/m1/s1. The highest BCUT2D eigenvalue weighted by Gasteiger charge is 2.72. The number of nitrogens with zero attached hydrogens (tertiary/aromatic N) is 1. The number of carbonyl (C=O) groups is 5. The van der Waals surface area contributed by atoms with Crippen LogP contribution in [-0.4, -0.2) is 81.1 Å². The molecule has 37 heavy (non-hydrogen) atoms. The number of ketones is 4. The topological polar surface area (TPSA) is 175 Å². The molecule has 5 N–H and O–H groups in total. The number of thiophene rings is 1. The summed E-state index contributed by atoms with van der Waals surface area (Å²) in [5.41, 5.74) is 2.99. The molecule has 3 aliphatic rings. The number of rotatable bonds is 3. The fourth-order valence-corrected chi connectivity index (χ4v) is 7.37. The number of Topliss-reactive ketones (excluding diaryl/α,β-unsaturated/α-hetero) is 4. The van der Waals surface area contributed by atoms with Crippen molar-refractivity contribution in [2.45, 2.75) is 30.6 Å². The minimum atomic E-state index is -3.00. The number of hydrogen-bond acceptors (Lipinski definition) is 10. The Morgan fingerprint density at radius 1 is 1.11 bits per heavy atom. The van der Waals surface area contributed by atoms with Crippen LogP contribution in [0.15, 0.2) is 29.6 Å². The van der Waals surface area contributed by atoms with Crippen molar-refractivity contribution in [3.05, 3.63) is 40.8 Å². The summed E-state index contributed by atoms with van der Waals surface area (Å²) in [6.45, 7) is 1.68. The molecule has 1 aromatic carbocycles. The van der Waals surface area contributed by atoms with Gasteiger partial charge in [0.1, 0.15) is 5.75 Å². The maximum atomic E-state index is 13.9. The lowest BCUT2D eigenvalue weighted by atomic mass is 9.49. The van der Waals surface area contributed by atoms with Gasteiger partial charge >= 0.3 is 0 Å². The van der Waals surface area contributed by atoms with Crippen LogP contribution in [0.1, 0.15) is 28.8 Å². The third-order valence-electron chi connectivity index (χ3n) is 8.28. The fourth-order valence-electron chi connectivity index (χ4n) is 6.62. The van der Waals surface area contributed by atoms with Crippen LogP contribution in [0.3, 0.4) is 0 Å². The van der Waals surface area contributed by atoms with Crippen molar-refractivity contribution in [1.29, 1.82) is 0 Å². The first kappa shape index (κ1) is 25.4. The predicted molar refractivity (Wildman–Crippen MR) is 131 cm³/mol. The highest BCUT2D eigenvalue weighted by Crippen LogP contribution is 2.55. The second kappa shape index (κ2) is 8.38. The van der Waals surface area contributed by atoms with Crippen LogP contribution in [0.2, 0.25) is 0 Å². The van der Waals surface area contributed by atoms with Crippen LogP contribution < -0.4 is 5.73 Å². The monoisotopic (exact) mass is 526 g/mol. The molecular formula is C26H26N2O8S. The highest BCUT2D eigenvalue weighted by molar-refractivity contribution is 7.13. The van der Waals surface area contributed by atoms with E-state index in [1.807, 2.05) is 0 Å². The van der Waals surface area contributed by atoms with Crippen LogP contribution in [0.5, 0.6) is 5.75 Å². The van der Waals surface area contributed by atoms with E-state index in [0.29, 0.717) is 16.0 Å². The molecule has 0 spiro atoms. The van der Waals surface area contributed by atoms with Gasteiger partial charge in [0.05, 0.1) is 29.5 Å². The Balaban J connectivity index is 1.71. The number of amides is 1. The van der Waals surface area contributed by atoms with Gasteiger partial charge in [-0.2, -0.15) is 0 Å². The second-order valence-electron chi connectivity index (χ2n) is 10.3. The number of likely N-dealkylation sites (N-methyl/N-ethyl adjacent to an activating group) is 1. The zero-order valence-corrected chi connectivity index (χ0v) is 21.1. The first-order chi connectivity index (χ1) is 17.3. The molecule has 11 heteroatoms. The SMILES string of the molecule is C[C@@H]1c2ccc(-c3cccs3)c(O)c2C(=O)C2C(=O)[C@@]3(O)C(=O)C(C(N)=O)C(=O)[C@H](N(C)C)[C@H]3[C@H](O)[C@H]21. The van der Waals surface area contributed by atoms with E-state index in [0.717, 1.165) is 0 Å². The third-order valence-corrected chi connectivity index (χ3v) is 9.18. The lowest BCUT2D eigenvalue weighted by molar-refractivity contribution is -0.196. The van der Waals surface area contributed by atoms with Crippen molar-refractivity contribution in [3.63, 3.8) is 0 Å². The molecule has 2 fully saturated rings. The Kier molecular flexibility index (Phi) is 5.76. The first-order valence-corrected chi connectivity index (χ1v) is 12.7. The van der Waals surface area contributed by atoms with Gasteiger partial charge in [0.15, 0.2) is 34.7 Å². The lowest BCUT2D eigenvalue weighted by Gasteiger charge is -2.56. The number of aromatic hydroxyl groups is 1. The van der Waals surface area contributed by atoms with E-state index in [-0.39, 0.29) is 11.3 Å². The van der Waals surface area contributed by atoms with Crippen LogP contribution in [-0.2, 0) is 19.2 Å². The minimum absolute atomic E-state index is 0.114. The van der Waals surface area contributed by atoms with Gasteiger partial charge in [0.25, 0.3) is 0 Å². The Labute approximate surface area is 215 Å². The van der Waals surface area contributed by atoms with Gasteiger partial charge in [-0.25, -0.2) is 0 Å². The predicted octanol–water partition coefficient (Wildman–Crippen LogP) is 0.127. The summed E-state index contributed by atoms with van der Waals surface area (Å²) in [4.78, 5) is 68.4. The Hall–Kier alpha value is -3.25. The molecule has 0 aliphatic heterocycles. The lowest BCUT2D eigenvalue weighted by Crippen LogP contribution is -2.77. The van der Waals surface area contributed by atoms with E-state index in [1.165, 1.54) is 30.3 Å². The molecule has 8 atom stereocenters. The average molecular weight is 527 g/mol. The number of hydrogen-bond donors (Lipinski definition) is 4. The fraction of sp³-hybridized carbons (Fsp3) is 0.423. The summed E-state index contributed by atoms with van der Waals surface area (Å²) < 4.78 is 0. The number of aliphatic hydroxyl groups is 2. The van der Waals surface area contributed by atoms with Crippen molar-refractivity contribution < 1.29 is 39.3 Å². The summed E-state index contributed by atoms with van der Waals surface area (Å²) >= 11 is 1.34. The Morgan fingerprint density at radius 2 is 1.78 bits per heavy atom. The number of aliphatic hydroxyl groups excluding tert-OH is 1. The van der Waals surface area contributed by atoms with Crippen molar-refractivity contribution in [2.75, 3.05) is 14.1 Å². The molecule has 1 heterocycles. The minimum Gasteiger partial charge on any atom is -0.506 e. The molecule has 10 nitrogen and oxygen atoms in total. The largest absolute Gasteiger partial charge is 0.506 e. The average Bonchev–Trinajstić information content (AvgIpc) is 3.35. The normalized spacial score (nSPS) is 35.2. The van der Waals surface area contributed by atoms with E-state index >= 15 is 0 Å². The maximum absolute atomic E-state index is 13.9. The smallest absolute Gasteiger partial charge is 0.235 e. The molecule has 0 bridgehead atoms. The molecule has 0 radical (unpaired) electrons. The quantitative estimate of drug-likeness (QED) is 0.405. The number of benzene rings is 1. The molecule has 2 aromatic rings.